The van der Waals surface area contributed by atoms with Gasteiger partial charge in [0.05, 0.1) is 12.0 Å². The summed E-state index contributed by atoms with van der Waals surface area (Å²) in [6, 6.07) is 7.02. The summed E-state index contributed by atoms with van der Waals surface area (Å²) < 4.78 is 0. The minimum absolute atomic E-state index is 0.194. The first-order valence-corrected chi connectivity index (χ1v) is 6.80. The molecule has 3 nitrogen and oxygen atoms in total. The minimum atomic E-state index is 0.194. The Bertz CT molecular complexity index is 396. The number of nitriles is 1. The van der Waals surface area contributed by atoms with Gasteiger partial charge in [-0.15, -0.1) is 0 Å². The van der Waals surface area contributed by atoms with E-state index in [4.69, 9.17) is 0 Å². The number of hydrogen-bond acceptors (Lipinski definition) is 3. The van der Waals surface area contributed by atoms with E-state index in [1.165, 1.54) is 24.8 Å². The molecule has 2 unspecified atom stereocenters. The Labute approximate surface area is 109 Å². The minimum Gasteiger partial charge on any atom is -0.298 e. The molecule has 0 amide bonds. The molecule has 0 N–H and O–H groups in total. The quantitative estimate of drug-likeness (QED) is 0.766. The summed E-state index contributed by atoms with van der Waals surface area (Å²) >= 11 is 0. The maximum absolute atomic E-state index is 9.31. The third-order valence-electron chi connectivity index (χ3n) is 3.89. The van der Waals surface area contributed by atoms with Gasteiger partial charge in [0.15, 0.2) is 0 Å². The molecule has 1 aliphatic rings. The van der Waals surface area contributed by atoms with Gasteiger partial charge in [-0.2, -0.15) is 5.26 Å². The van der Waals surface area contributed by atoms with Gasteiger partial charge in [-0.25, -0.2) is 0 Å². The molecule has 2 atom stereocenters. The molecule has 1 aromatic rings. The highest BCUT2D eigenvalue weighted by Crippen LogP contribution is 2.27. The predicted molar refractivity (Wildman–Crippen MR) is 71.7 cm³/mol. The molecule has 1 heterocycles. The second-order valence-corrected chi connectivity index (χ2v) is 5.21. The van der Waals surface area contributed by atoms with Crippen molar-refractivity contribution in [2.24, 2.45) is 5.92 Å². The molecule has 1 aromatic heterocycles. The average molecular weight is 243 g/mol. The highest BCUT2D eigenvalue weighted by molar-refractivity contribution is 5.10. The van der Waals surface area contributed by atoms with Crippen LogP contribution in [0.4, 0.5) is 0 Å². The van der Waals surface area contributed by atoms with Crippen LogP contribution in [0.3, 0.4) is 0 Å². The van der Waals surface area contributed by atoms with E-state index in [-0.39, 0.29) is 5.92 Å². The molecule has 0 spiro atoms. The van der Waals surface area contributed by atoms with Gasteiger partial charge >= 0.3 is 0 Å². The van der Waals surface area contributed by atoms with Crippen LogP contribution in [0.25, 0.3) is 0 Å². The van der Waals surface area contributed by atoms with Crippen LogP contribution in [0.2, 0.25) is 0 Å². The Hall–Kier alpha value is -1.40. The molecule has 3 heteroatoms. The largest absolute Gasteiger partial charge is 0.298 e. The zero-order chi connectivity index (χ0) is 12.8. The predicted octanol–water partition coefficient (Wildman–Crippen LogP) is 2.99. The average Bonchev–Trinajstić information content (AvgIpc) is 2.64. The number of hydrogen-bond donors (Lipinski definition) is 0. The van der Waals surface area contributed by atoms with Crippen molar-refractivity contribution in [2.45, 2.75) is 44.7 Å². The summed E-state index contributed by atoms with van der Waals surface area (Å²) in [5.74, 6) is 0.194. The van der Waals surface area contributed by atoms with Crippen molar-refractivity contribution in [2.75, 3.05) is 7.05 Å². The van der Waals surface area contributed by atoms with Gasteiger partial charge in [-0.05, 0) is 37.6 Å². The molecular formula is C15H21N3. The third kappa shape index (κ3) is 3.30. The van der Waals surface area contributed by atoms with Gasteiger partial charge < -0.3 is 0 Å². The Morgan fingerprint density at radius 2 is 2.00 bits per heavy atom. The SMILES string of the molecule is CN(Cc1ccncc1)C1CCCCCC1C#N. The molecule has 1 aliphatic carbocycles. The molecule has 0 radical (unpaired) electrons. The molecule has 0 saturated heterocycles. The summed E-state index contributed by atoms with van der Waals surface area (Å²) in [6.45, 7) is 0.908. The maximum atomic E-state index is 9.31. The molecule has 96 valence electrons. The molecule has 1 saturated carbocycles. The van der Waals surface area contributed by atoms with Gasteiger partial charge in [0.25, 0.3) is 0 Å². The topological polar surface area (TPSA) is 39.9 Å². The van der Waals surface area contributed by atoms with Gasteiger partial charge in [0, 0.05) is 25.0 Å². The van der Waals surface area contributed by atoms with Gasteiger partial charge in [-0.1, -0.05) is 19.3 Å². The molecule has 18 heavy (non-hydrogen) atoms. The number of rotatable bonds is 3. The van der Waals surface area contributed by atoms with E-state index in [1.807, 2.05) is 12.4 Å². The van der Waals surface area contributed by atoms with Crippen LogP contribution < -0.4 is 0 Å². The normalized spacial score (nSPS) is 24.5. The lowest BCUT2D eigenvalue weighted by atomic mass is 9.95. The van der Waals surface area contributed by atoms with Crippen LogP contribution in [0.1, 0.15) is 37.7 Å². The number of nitrogens with zero attached hydrogens (tertiary/aromatic N) is 3. The zero-order valence-electron chi connectivity index (χ0n) is 11.0. The summed E-state index contributed by atoms with van der Waals surface area (Å²) in [7, 11) is 2.14. The fourth-order valence-electron chi connectivity index (χ4n) is 2.86. The lowest BCUT2D eigenvalue weighted by molar-refractivity contribution is 0.183. The summed E-state index contributed by atoms with van der Waals surface area (Å²) in [5, 5.41) is 9.31. The monoisotopic (exact) mass is 243 g/mol. The first-order chi connectivity index (χ1) is 8.81. The van der Waals surface area contributed by atoms with Crippen molar-refractivity contribution in [1.82, 2.24) is 9.88 Å². The van der Waals surface area contributed by atoms with Crippen molar-refractivity contribution in [3.63, 3.8) is 0 Å². The smallest absolute Gasteiger partial charge is 0.0672 e. The van der Waals surface area contributed by atoms with Crippen molar-refractivity contribution in [3.05, 3.63) is 30.1 Å². The van der Waals surface area contributed by atoms with E-state index in [9.17, 15) is 5.26 Å². The van der Waals surface area contributed by atoms with Gasteiger partial charge in [0.2, 0.25) is 0 Å². The van der Waals surface area contributed by atoms with Crippen molar-refractivity contribution in [1.29, 1.82) is 5.26 Å². The molecule has 0 aliphatic heterocycles. The summed E-state index contributed by atoms with van der Waals surface area (Å²) in [6.07, 6.45) is 9.61. The first-order valence-electron chi connectivity index (χ1n) is 6.80. The van der Waals surface area contributed by atoms with E-state index in [2.05, 4.69) is 35.1 Å². The summed E-state index contributed by atoms with van der Waals surface area (Å²) in [4.78, 5) is 6.38. The third-order valence-corrected chi connectivity index (χ3v) is 3.89. The zero-order valence-corrected chi connectivity index (χ0v) is 11.0. The Kier molecular flexibility index (Phi) is 4.72. The van der Waals surface area contributed by atoms with Crippen LogP contribution >= 0.6 is 0 Å². The molecule has 2 rings (SSSR count). The maximum Gasteiger partial charge on any atom is 0.0672 e. The van der Waals surface area contributed by atoms with Crippen LogP contribution in [0.5, 0.6) is 0 Å². The van der Waals surface area contributed by atoms with E-state index >= 15 is 0 Å². The van der Waals surface area contributed by atoms with E-state index < -0.39 is 0 Å². The second-order valence-electron chi connectivity index (χ2n) is 5.21. The lowest BCUT2D eigenvalue weighted by Gasteiger charge is -2.30. The van der Waals surface area contributed by atoms with Crippen LogP contribution in [0, 0.1) is 17.2 Å². The fraction of sp³-hybridized carbons (Fsp3) is 0.600. The standard InChI is InChI=1S/C15H21N3/c1-18(12-13-7-9-17-10-8-13)15-6-4-2-3-5-14(15)11-16/h7-10,14-15H,2-6,12H2,1H3. The molecule has 1 fully saturated rings. The second kappa shape index (κ2) is 6.51. The van der Waals surface area contributed by atoms with Gasteiger partial charge in [0.1, 0.15) is 0 Å². The Morgan fingerprint density at radius 1 is 1.28 bits per heavy atom. The fourth-order valence-corrected chi connectivity index (χ4v) is 2.86. The highest BCUT2D eigenvalue weighted by Gasteiger charge is 2.26. The van der Waals surface area contributed by atoms with Crippen LogP contribution in [-0.4, -0.2) is 23.0 Å². The van der Waals surface area contributed by atoms with Crippen molar-refractivity contribution < 1.29 is 0 Å². The van der Waals surface area contributed by atoms with E-state index in [1.54, 1.807) is 0 Å². The highest BCUT2D eigenvalue weighted by atomic mass is 15.1. The first kappa shape index (κ1) is 13.0. The van der Waals surface area contributed by atoms with Crippen molar-refractivity contribution in [3.8, 4) is 6.07 Å². The summed E-state index contributed by atoms with van der Waals surface area (Å²) in [5.41, 5.74) is 1.27. The lowest BCUT2D eigenvalue weighted by Crippen LogP contribution is -2.36. The Balaban J connectivity index is 2.02. The number of pyridine rings is 1. The van der Waals surface area contributed by atoms with E-state index in [0.29, 0.717) is 6.04 Å². The number of aromatic nitrogens is 1. The molecule has 0 bridgehead atoms. The van der Waals surface area contributed by atoms with E-state index in [0.717, 1.165) is 19.4 Å². The van der Waals surface area contributed by atoms with Crippen LogP contribution in [-0.2, 0) is 6.54 Å². The Morgan fingerprint density at radius 3 is 2.72 bits per heavy atom. The van der Waals surface area contributed by atoms with Gasteiger partial charge in [-0.3, -0.25) is 9.88 Å². The molecular weight excluding hydrogens is 222 g/mol. The van der Waals surface area contributed by atoms with Crippen LogP contribution in [0.15, 0.2) is 24.5 Å². The van der Waals surface area contributed by atoms with Crippen molar-refractivity contribution >= 4 is 0 Å². The molecule has 0 aromatic carbocycles.